The van der Waals surface area contributed by atoms with Gasteiger partial charge in [0.2, 0.25) is 10.0 Å². The highest BCUT2D eigenvalue weighted by atomic mass is 32.2. The van der Waals surface area contributed by atoms with Gasteiger partial charge in [-0.05, 0) is 25.9 Å². The molecule has 0 saturated carbocycles. The first-order valence-electron chi connectivity index (χ1n) is 4.15. The van der Waals surface area contributed by atoms with Crippen molar-refractivity contribution >= 4 is 10.0 Å². The van der Waals surface area contributed by atoms with E-state index < -0.39 is 10.0 Å². The molecule has 1 aliphatic heterocycles. The topological polar surface area (TPSA) is 49.4 Å². The van der Waals surface area contributed by atoms with Crippen molar-refractivity contribution in [3.05, 3.63) is 0 Å². The maximum absolute atomic E-state index is 11.1. The summed E-state index contributed by atoms with van der Waals surface area (Å²) in [7, 11) is -1.34. The van der Waals surface area contributed by atoms with Crippen LogP contribution in [-0.2, 0) is 10.0 Å². The van der Waals surface area contributed by atoms with E-state index >= 15 is 0 Å². The Hall–Kier alpha value is -0.130. The number of rotatable bonds is 2. The molecule has 72 valence electrons. The molecule has 0 atom stereocenters. The van der Waals surface area contributed by atoms with Crippen LogP contribution in [0.5, 0.6) is 0 Å². The van der Waals surface area contributed by atoms with Crippen LogP contribution in [0.15, 0.2) is 0 Å². The minimum absolute atomic E-state index is 0.196. The average molecular weight is 192 g/mol. The highest BCUT2D eigenvalue weighted by Gasteiger charge is 2.23. The molecule has 0 aromatic carbocycles. The second-order valence-corrected chi connectivity index (χ2v) is 5.30. The molecule has 1 N–H and O–H groups in total. The van der Waals surface area contributed by atoms with E-state index in [4.69, 9.17) is 0 Å². The lowest BCUT2D eigenvalue weighted by atomic mass is 10.1. The Balaban J connectivity index is 2.57. The van der Waals surface area contributed by atoms with Crippen molar-refractivity contribution in [3.63, 3.8) is 0 Å². The first-order valence-corrected chi connectivity index (χ1v) is 6.00. The number of nitrogens with one attached hydrogen (secondary N) is 1. The van der Waals surface area contributed by atoms with E-state index in [0.717, 1.165) is 25.9 Å². The van der Waals surface area contributed by atoms with Crippen LogP contribution in [0.2, 0.25) is 0 Å². The summed E-state index contributed by atoms with van der Waals surface area (Å²) in [6.45, 7) is 1.84. The van der Waals surface area contributed by atoms with Gasteiger partial charge in [-0.3, -0.25) is 0 Å². The van der Waals surface area contributed by atoms with E-state index in [2.05, 4.69) is 5.32 Å². The van der Waals surface area contributed by atoms with Crippen molar-refractivity contribution in [2.24, 2.45) is 0 Å². The van der Waals surface area contributed by atoms with Crippen LogP contribution in [0.4, 0.5) is 0 Å². The summed E-state index contributed by atoms with van der Waals surface area (Å²) in [4.78, 5) is 0. The van der Waals surface area contributed by atoms with Gasteiger partial charge >= 0.3 is 0 Å². The van der Waals surface area contributed by atoms with Gasteiger partial charge in [0.1, 0.15) is 0 Å². The summed E-state index contributed by atoms with van der Waals surface area (Å²) in [5, 5.41) is 3.20. The highest BCUT2D eigenvalue weighted by Crippen LogP contribution is 2.12. The first kappa shape index (κ1) is 9.95. The predicted octanol–water partition coefficient (Wildman–Crippen LogP) is -0.370. The molecule has 0 aromatic heterocycles. The lowest BCUT2D eigenvalue weighted by Gasteiger charge is -2.29. The highest BCUT2D eigenvalue weighted by molar-refractivity contribution is 7.88. The minimum atomic E-state index is -3.00. The van der Waals surface area contributed by atoms with E-state index in [9.17, 15) is 8.42 Å². The zero-order chi connectivity index (χ0) is 9.19. The van der Waals surface area contributed by atoms with Crippen LogP contribution in [0.1, 0.15) is 12.8 Å². The molecule has 1 rings (SSSR count). The third kappa shape index (κ3) is 2.43. The number of hydrogen-bond acceptors (Lipinski definition) is 3. The molecule has 12 heavy (non-hydrogen) atoms. The summed E-state index contributed by atoms with van der Waals surface area (Å²) < 4.78 is 23.8. The quantitative estimate of drug-likeness (QED) is 0.649. The van der Waals surface area contributed by atoms with Gasteiger partial charge in [-0.1, -0.05) is 0 Å². The summed E-state index contributed by atoms with van der Waals surface area (Å²) in [6.07, 6.45) is 3.10. The third-order valence-electron chi connectivity index (χ3n) is 2.35. The lowest BCUT2D eigenvalue weighted by molar-refractivity contribution is 0.298. The number of piperidine rings is 1. The Labute approximate surface area is 74.0 Å². The van der Waals surface area contributed by atoms with Gasteiger partial charge in [-0.25, -0.2) is 12.7 Å². The standard InChI is InChI=1S/C7H16N2O2S/c1-9(12(2,10)11)7-3-5-8-6-4-7/h7-8H,3-6H2,1-2H3. The van der Waals surface area contributed by atoms with Gasteiger partial charge in [0, 0.05) is 13.1 Å². The Morgan fingerprint density at radius 3 is 2.25 bits per heavy atom. The fourth-order valence-corrected chi connectivity index (χ4v) is 2.19. The third-order valence-corrected chi connectivity index (χ3v) is 3.69. The predicted molar refractivity (Wildman–Crippen MR) is 48.5 cm³/mol. The van der Waals surface area contributed by atoms with Crippen molar-refractivity contribution < 1.29 is 8.42 Å². The van der Waals surface area contributed by atoms with Crippen LogP contribution in [-0.4, -0.2) is 45.2 Å². The van der Waals surface area contributed by atoms with Crippen molar-refractivity contribution in [2.75, 3.05) is 26.4 Å². The molecule has 0 unspecified atom stereocenters. The van der Waals surface area contributed by atoms with E-state index in [1.807, 2.05) is 0 Å². The van der Waals surface area contributed by atoms with Gasteiger partial charge in [-0.2, -0.15) is 0 Å². The number of sulfonamides is 1. The molecule has 0 aromatic rings. The zero-order valence-corrected chi connectivity index (χ0v) is 8.39. The fraction of sp³-hybridized carbons (Fsp3) is 1.00. The first-order chi connectivity index (χ1) is 5.52. The summed E-state index contributed by atoms with van der Waals surface area (Å²) >= 11 is 0. The Kier molecular flexibility index (Phi) is 3.09. The Bertz CT molecular complexity index is 232. The molecule has 1 heterocycles. The van der Waals surface area contributed by atoms with Gasteiger partial charge in [-0.15, -0.1) is 0 Å². The SMILES string of the molecule is CN(C1CCNCC1)S(C)(=O)=O. The van der Waals surface area contributed by atoms with Crippen LogP contribution >= 0.6 is 0 Å². The van der Waals surface area contributed by atoms with Crippen LogP contribution < -0.4 is 5.32 Å². The van der Waals surface area contributed by atoms with E-state index in [1.54, 1.807) is 7.05 Å². The molecule has 0 aliphatic carbocycles. The van der Waals surface area contributed by atoms with Crippen molar-refractivity contribution in [3.8, 4) is 0 Å². The number of hydrogen-bond donors (Lipinski definition) is 1. The molecule has 4 nitrogen and oxygen atoms in total. The monoisotopic (exact) mass is 192 g/mol. The maximum Gasteiger partial charge on any atom is 0.211 e. The zero-order valence-electron chi connectivity index (χ0n) is 7.58. The molecule has 1 aliphatic rings. The average Bonchev–Trinajstić information content (AvgIpc) is 2.03. The Morgan fingerprint density at radius 1 is 1.33 bits per heavy atom. The molecule has 1 fully saturated rings. The molecule has 5 heteroatoms. The number of nitrogens with zero attached hydrogens (tertiary/aromatic N) is 1. The maximum atomic E-state index is 11.1. The van der Waals surface area contributed by atoms with Gasteiger partial charge in [0.15, 0.2) is 0 Å². The van der Waals surface area contributed by atoms with Gasteiger partial charge < -0.3 is 5.32 Å². The molecule has 0 bridgehead atoms. The fourth-order valence-electron chi connectivity index (χ4n) is 1.44. The smallest absolute Gasteiger partial charge is 0.211 e. The summed E-state index contributed by atoms with van der Waals surface area (Å²) in [5.41, 5.74) is 0. The normalized spacial score (nSPS) is 21.6. The molecule has 0 amide bonds. The molecule has 1 saturated heterocycles. The molecular formula is C7H16N2O2S. The van der Waals surface area contributed by atoms with Crippen molar-refractivity contribution in [1.29, 1.82) is 0 Å². The molecule has 0 spiro atoms. The second kappa shape index (κ2) is 3.72. The van der Waals surface area contributed by atoms with Gasteiger partial charge in [0.05, 0.1) is 6.26 Å². The second-order valence-electron chi connectivity index (χ2n) is 3.26. The minimum Gasteiger partial charge on any atom is -0.317 e. The lowest BCUT2D eigenvalue weighted by Crippen LogP contribution is -2.43. The van der Waals surface area contributed by atoms with Crippen molar-refractivity contribution in [1.82, 2.24) is 9.62 Å². The van der Waals surface area contributed by atoms with E-state index in [1.165, 1.54) is 10.6 Å². The van der Waals surface area contributed by atoms with E-state index in [-0.39, 0.29) is 6.04 Å². The van der Waals surface area contributed by atoms with E-state index in [0.29, 0.717) is 0 Å². The summed E-state index contributed by atoms with van der Waals surface area (Å²) in [5.74, 6) is 0. The van der Waals surface area contributed by atoms with Crippen LogP contribution in [0, 0.1) is 0 Å². The van der Waals surface area contributed by atoms with Gasteiger partial charge in [0.25, 0.3) is 0 Å². The van der Waals surface area contributed by atoms with Crippen LogP contribution in [0.25, 0.3) is 0 Å². The Morgan fingerprint density at radius 2 is 1.83 bits per heavy atom. The van der Waals surface area contributed by atoms with Crippen LogP contribution in [0.3, 0.4) is 0 Å². The molecule has 0 radical (unpaired) electrons. The molecular weight excluding hydrogens is 176 g/mol. The van der Waals surface area contributed by atoms with Crippen molar-refractivity contribution in [2.45, 2.75) is 18.9 Å². The summed E-state index contributed by atoms with van der Waals surface area (Å²) in [6, 6.07) is 0.196. The largest absolute Gasteiger partial charge is 0.317 e.